The Kier molecular flexibility index (Phi) is 5.51. The lowest BCUT2D eigenvalue weighted by Gasteiger charge is -2.28. The molecule has 0 aliphatic carbocycles. The first-order valence-electron chi connectivity index (χ1n) is 9.65. The van der Waals surface area contributed by atoms with E-state index in [9.17, 15) is 4.79 Å². The zero-order valence-corrected chi connectivity index (χ0v) is 16.8. The number of nitrogens with one attached hydrogen (secondary N) is 1. The van der Waals surface area contributed by atoms with Crippen molar-refractivity contribution in [2.75, 3.05) is 5.32 Å². The van der Waals surface area contributed by atoms with Gasteiger partial charge in [-0.3, -0.25) is 10.3 Å². The average molecular weight is 410 g/mol. The van der Waals surface area contributed by atoms with E-state index < -0.39 is 12.2 Å². The van der Waals surface area contributed by atoms with Gasteiger partial charge in [-0.25, -0.2) is 4.79 Å². The Balaban J connectivity index is 1.65. The van der Waals surface area contributed by atoms with Crippen molar-refractivity contribution in [2.45, 2.75) is 26.1 Å². The van der Waals surface area contributed by atoms with Crippen molar-refractivity contribution in [3.63, 3.8) is 0 Å². The van der Waals surface area contributed by atoms with Crippen LogP contribution in [0.5, 0.6) is 5.75 Å². The number of nitrogens with zero attached hydrogens (tertiary/aromatic N) is 3. The van der Waals surface area contributed by atoms with Gasteiger partial charge in [0.15, 0.2) is 0 Å². The SMILES string of the molecule is Cc1ncc2c(c1OCc1cccc(C#N)c1)C(Cc1ccc(C#N)cc1)OC(=O)N2. The second kappa shape index (κ2) is 8.56. The number of fused-ring (bicyclic) bond motifs is 1. The Morgan fingerprint density at radius 3 is 2.61 bits per heavy atom. The molecule has 0 bridgehead atoms. The third-order valence-electron chi connectivity index (χ3n) is 5.00. The van der Waals surface area contributed by atoms with Crippen molar-refractivity contribution in [3.8, 4) is 17.9 Å². The number of aromatic nitrogens is 1. The second-order valence-electron chi connectivity index (χ2n) is 7.13. The number of cyclic esters (lactones) is 1. The zero-order valence-electron chi connectivity index (χ0n) is 16.8. The Bertz CT molecular complexity index is 1220. The Morgan fingerprint density at radius 1 is 1.10 bits per heavy atom. The first kappa shape index (κ1) is 19.9. The second-order valence-corrected chi connectivity index (χ2v) is 7.13. The number of carbonyl (C=O) groups is 1. The van der Waals surface area contributed by atoms with Crippen LogP contribution in [0.3, 0.4) is 0 Å². The van der Waals surface area contributed by atoms with Crippen molar-refractivity contribution >= 4 is 11.8 Å². The first-order valence-corrected chi connectivity index (χ1v) is 9.65. The maximum absolute atomic E-state index is 12.1. The molecule has 2 heterocycles. The molecule has 0 fully saturated rings. The Morgan fingerprint density at radius 2 is 1.87 bits per heavy atom. The lowest BCUT2D eigenvalue weighted by Crippen LogP contribution is -2.27. The molecule has 1 aliphatic rings. The van der Waals surface area contributed by atoms with Crippen molar-refractivity contribution in [3.05, 3.63) is 88.2 Å². The molecule has 0 saturated heterocycles. The van der Waals surface area contributed by atoms with Crippen LogP contribution in [0.2, 0.25) is 0 Å². The molecule has 1 atom stereocenters. The van der Waals surface area contributed by atoms with E-state index >= 15 is 0 Å². The Labute approximate surface area is 179 Å². The minimum Gasteiger partial charge on any atom is -0.486 e. The fourth-order valence-corrected chi connectivity index (χ4v) is 3.50. The standard InChI is InChI=1S/C24H18N4O3/c1-15-23(30-14-19-4-2-3-18(9-19)12-26)22-20(13-27-15)28-24(29)31-21(22)10-16-5-7-17(11-25)8-6-16/h2-9,13,21H,10,14H2,1H3,(H,28,29). The highest BCUT2D eigenvalue weighted by atomic mass is 16.6. The molecule has 0 spiro atoms. The first-order chi connectivity index (χ1) is 15.1. The van der Waals surface area contributed by atoms with Gasteiger partial charge in [0.05, 0.1) is 46.4 Å². The molecular weight excluding hydrogens is 392 g/mol. The minimum absolute atomic E-state index is 0.242. The summed E-state index contributed by atoms with van der Waals surface area (Å²) in [6.07, 6.45) is 0.902. The number of amides is 1. The van der Waals surface area contributed by atoms with Crippen molar-refractivity contribution in [1.29, 1.82) is 10.5 Å². The average Bonchev–Trinajstić information content (AvgIpc) is 2.79. The number of aryl methyl sites for hydroxylation is 1. The lowest BCUT2D eigenvalue weighted by molar-refractivity contribution is 0.103. The molecule has 31 heavy (non-hydrogen) atoms. The molecule has 1 unspecified atom stereocenters. The summed E-state index contributed by atoms with van der Waals surface area (Å²) in [7, 11) is 0. The number of hydrogen-bond acceptors (Lipinski definition) is 6. The van der Waals surface area contributed by atoms with Gasteiger partial charge in [0, 0.05) is 6.42 Å². The van der Waals surface area contributed by atoms with Crippen LogP contribution >= 0.6 is 0 Å². The molecule has 1 aromatic heterocycles. The zero-order chi connectivity index (χ0) is 21.8. The highest BCUT2D eigenvalue weighted by Gasteiger charge is 2.31. The van der Waals surface area contributed by atoms with Crippen LogP contribution in [-0.2, 0) is 17.8 Å². The summed E-state index contributed by atoms with van der Waals surface area (Å²) in [5.74, 6) is 0.540. The van der Waals surface area contributed by atoms with E-state index in [1.807, 2.05) is 25.1 Å². The molecule has 1 amide bonds. The number of carbonyl (C=O) groups excluding carboxylic acids is 1. The number of anilines is 1. The van der Waals surface area contributed by atoms with Gasteiger partial charge in [-0.15, -0.1) is 0 Å². The molecule has 7 nitrogen and oxygen atoms in total. The number of benzene rings is 2. The maximum Gasteiger partial charge on any atom is 0.412 e. The normalized spacial score (nSPS) is 14.4. The molecule has 0 radical (unpaired) electrons. The van der Waals surface area contributed by atoms with Crippen LogP contribution in [-0.4, -0.2) is 11.1 Å². The van der Waals surface area contributed by atoms with Crippen LogP contribution in [0, 0.1) is 29.6 Å². The summed E-state index contributed by atoms with van der Waals surface area (Å²) < 4.78 is 11.7. The quantitative estimate of drug-likeness (QED) is 0.661. The molecule has 0 saturated carbocycles. The third-order valence-corrected chi connectivity index (χ3v) is 5.00. The van der Waals surface area contributed by atoms with E-state index in [4.69, 9.17) is 20.0 Å². The third kappa shape index (κ3) is 4.31. The molecule has 2 aromatic carbocycles. The molecule has 4 rings (SSSR count). The topological polar surface area (TPSA) is 108 Å². The van der Waals surface area contributed by atoms with Gasteiger partial charge in [0.2, 0.25) is 0 Å². The smallest absolute Gasteiger partial charge is 0.412 e. The van der Waals surface area contributed by atoms with Gasteiger partial charge < -0.3 is 9.47 Å². The van der Waals surface area contributed by atoms with Crippen LogP contribution in [0.15, 0.2) is 54.7 Å². The molecule has 7 heteroatoms. The minimum atomic E-state index is -0.571. The fraction of sp³-hybridized carbons (Fsp3) is 0.167. The fourth-order valence-electron chi connectivity index (χ4n) is 3.50. The van der Waals surface area contributed by atoms with E-state index in [0.717, 1.165) is 11.1 Å². The van der Waals surface area contributed by atoms with Gasteiger partial charge in [0.25, 0.3) is 0 Å². The molecule has 1 aliphatic heterocycles. The highest BCUT2D eigenvalue weighted by Crippen LogP contribution is 2.41. The number of ether oxygens (including phenoxy) is 2. The highest BCUT2D eigenvalue weighted by molar-refractivity contribution is 5.89. The number of pyridine rings is 1. The maximum atomic E-state index is 12.1. The Hall–Kier alpha value is -4.36. The van der Waals surface area contributed by atoms with Crippen LogP contribution in [0.1, 0.15) is 39.6 Å². The summed E-state index contributed by atoms with van der Waals surface area (Å²) in [5.41, 5.74) is 4.82. The molecule has 152 valence electrons. The summed E-state index contributed by atoms with van der Waals surface area (Å²) in [6, 6.07) is 18.6. The number of nitriles is 2. The van der Waals surface area contributed by atoms with Crippen molar-refractivity contribution in [1.82, 2.24) is 4.98 Å². The van der Waals surface area contributed by atoms with Crippen molar-refractivity contribution in [2.24, 2.45) is 0 Å². The van der Waals surface area contributed by atoms with Crippen molar-refractivity contribution < 1.29 is 14.3 Å². The van der Waals surface area contributed by atoms with E-state index in [-0.39, 0.29) is 6.61 Å². The van der Waals surface area contributed by atoms with Gasteiger partial charge in [0.1, 0.15) is 18.5 Å². The summed E-state index contributed by atoms with van der Waals surface area (Å²) >= 11 is 0. The van der Waals surface area contributed by atoms with Gasteiger partial charge in [-0.1, -0.05) is 24.3 Å². The predicted molar refractivity (Wildman–Crippen MR) is 112 cm³/mol. The van der Waals surface area contributed by atoms with E-state index in [0.29, 0.717) is 40.2 Å². The van der Waals surface area contributed by atoms with E-state index in [1.165, 1.54) is 0 Å². The molecule has 3 aromatic rings. The van der Waals surface area contributed by atoms with Crippen LogP contribution < -0.4 is 10.1 Å². The van der Waals surface area contributed by atoms with Gasteiger partial charge in [-0.05, 0) is 42.3 Å². The van der Waals surface area contributed by atoms with Crippen LogP contribution in [0.4, 0.5) is 10.5 Å². The number of hydrogen-bond donors (Lipinski definition) is 1. The number of rotatable bonds is 5. The lowest BCUT2D eigenvalue weighted by atomic mass is 9.97. The van der Waals surface area contributed by atoms with Crippen LogP contribution in [0.25, 0.3) is 0 Å². The van der Waals surface area contributed by atoms with Gasteiger partial charge >= 0.3 is 6.09 Å². The molecule has 1 N–H and O–H groups in total. The van der Waals surface area contributed by atoms with E-state index in [2.05, 4.69) is 22.4 Å². The summed E-state index contributed by atoms with van der Waals surface area (Å²) in [6.45, 7) is 2.07. The van der Waals surface area contributed by atoms with E-state index in [1.54, 1.807) is 36.5 Å². The monoisotopic (exact) mass is 410 g/mol. The van der Waals surface area contributed by atoms with Gasteiger partial charge in [-0.2, -0.15) is 10.5 Å². The molecular formula is C24H18N4O3. The summed E-state index contributed by atoms with van der Waals surface area (Å²) in [5, 5.41) is 20.8. The summed E-state index contributed by atoms with van der Waals surface area (Å²) in [4.78, 5) is 16.5. The predicted octanol–water partition coefficient (Wildman–Crippen LogP) is 4.56. The largest absolute Gasteiger partial charge is 0.486 e.